The number of esters is 4. The van der Waals surface area contributed by atoms with Gasteiger partial charge in [0.25, 0.3) is 0 Å². The Morgan fingerprint density at radius 2 is 0.484 bits per heavy atom. The molecule has 0 radical (unpaired) electrons. The van der Waals surface area contributed by atoms with E-state index in [4.69, 9.17) is 37.0 Å². The highest BCUT2D eigenvalue weighted by molar-refractivity contribution is 7.47. The van der Waals surface area contributed by atoms with E-state index in [-0.39, 0.29) is 25.7 Å². The van der Waals surface area contributed by atoms with Crippen LogP contribution in [-0.4, -0.2) is 96.7 Å². The minimum Gasteiger partial charge on any atom is -0.462 e. The van der Waals surface area contributed by atoms with Crippen LogP contribution in [0.5, 0.6) is 0 Å². The Hall–Kier alpha value is -1.94. The van der Waals surface area contributed by atoms with Crippen molar-refractivity contribution >= 4 is 39.5 Å². The smallest absolute Gasteiger partial charge is 0.462 e. The zero-order chi connectivity index (χ0) is 70.1. The molecule has 19 heteroatoms. The molecule has 0 spiro atoms. The number of phosphoric acid groups is 2. The topological polar surface area (TPSA) is 237 Å². The largest absolute Gasteiger partial charge is 0.472 e. The summed E-state index contributed by atoms with van der Waals surface area (Å²) in [7, 11) is -9.91. The van der Waals surface area contributed by atoms with Gasteiger partial charge in [-0.05, 0) is 43.4 Å². The zero-order valence-electron chi connectivity index (χ0n) is 62.1. The summed E-state index contributed by atoms with van der Waals surface area (Å²) >= 11 is 0. The molecular formula is C76H148O17P2. The Morgan fingerprint density at radius 3 is 0.716 bits per heavy atom. The maximum atomic E-state index is 13.1. The normalized spacial score (nSPS) is 14.1. The van der Waals surface area contributed by atoms with E-state index in [1.54, 1.807) is 0 Å². The van der Waals surface area contributed by atoms with Crippen molar-refractivity contribution in [3.05, 3.63) is 0 Å². The van der Waals surface area contributed by atoms with Crippen molar-refractivity contribution in [3.63, 3.8) is 0 Å². The highest BCUT2D eigenvalue weighted by Crippen LogP contribution is 2.45. The third-order valence-electron chi connectivity index (χ3n) is 17.6. The van der Waals surface area contributed by atoms with E-state index >= 15 is 0 Å². The number of carbonyl (C=O) groups excluding carboxylic acids is 4. The molecule has 2 unspecified atom stereocenters. The minimum absolute atomic E-state index is 0.104. The van der Waals surface area contributed by atoms with Crippen LogP contribution in [0.25, 0.3) is 0 Å². The molecule has 564 valence electrons. The molecule has 17 nitrogen and oxygen atoms in total. The van der Waals surface area contributed by atoms with Gasteiger partial charge in [0.1, 0.15) is 19.3 Å². The molecule has 0 saturated carbocycles. The Morgan fingerprint density at radius 1 is 0.284 bits per heavy atom. The summed E-state index contributed by atoms with van der Waals surface area (Å²) in [6.45, 7) is 11.9. The van der Waals surface area contributed by atoms with Crippen LogP contribution in [0.3, 0.4) is 0 Å². The van der Waals surface area contributed by atoms with Gasteiger partial charge in [-0.3, -0.25) is 37.3 Å². The van der Waals surface area contributed by atoms with E-state index in [0.717, 1.165) is 120 Å². The first-order valence-electron chi connectivity index (χ1n) is 39.3. The highest BCUT2D eigenvalue weighted by atomic mass is 31.2. The second-order valence-electron chi connectivity index (χ2n) is 28.8. The second kappa shape index (κ2) is 66.6. The Labute approximate surface area is 581 Å². The molecular weight excluding hydrogens is 1250 g/mol. The molecule has 0 aliphatic heterocycles. The lowest BCUT2D eigenvalue weighted by molar-refractivity contribution is -0.161. The van der Waals surface area contributed by atoms with Crippen molar-refractivity contribution in [1.82, 2.24) is 0 Å². The van der Waals surface area contributed by atoms with Gasteiger partial charge in [-0.15, -0.1) is 0 Å². The predicted octanol–water partition coefficient (Wildman–Crippen LogP) is 22.2. The van der Waals surface area contributed by atoms with Gasteiger partial charge < -0.3 is 33.8 Å². The first-order chi connectivity index (χ1) is 45.7. The first-order valence-corrected chi connectivity index (χ1v) is 42.3. The van der Waals surface area contributed by atoms with E-state index in [2.05, 4.69) is 48.5 Å². The quantitative estimate of drug-likeness (QED) is 0.0222. The van der Waals surface area contributed by atoms with E-state index in [0.29, 0.717) is 25.7 Å². The third-order valence-corrected chi connectivity index (χ3v) is 19.5. The van der Waals surface area contributed by atoms with Gasteiger partial charge >= 0.3 is 39.5 Å². The molecule has 0 bridgehead atoms. The number of rotatable bonds is 74. The van der Waals surface area contributed by atoms with Crippen molar-refractivity contribution in [2.45, 2.75) is 407 Å². The third kappa shape index (κ3) is 70.3. The molecule has 95 heavy (non-hydrogen) atoms. The minimum atomic E-state index is -4.96. The van der Waals surface area contributed by atoms with Crippen LogP contribution in [0.4, 0.5) is 0 Å². The molecule has 0 aliphatic carbocycles. The lowest BCUT2D eigenvalue weighted by Crippen LogP contribution is -2.30. The number of unbranched alkanes of at least 4 members (excludes halogenated alkanes) is 42. The zero-order valence-corrected chi connectivity index (χ0v) is 63.9. The number of carbonyl (C=O) groups is 4. The summed E-state index contributed by atoms with van der Waals surface area (Å²) in [5.41, 5.74) is 0. The number of aliphatic hydroxyl groups is 1. The molecule has 0 saturated heterocycles. The molecule has 3 N–H and O–H groups in total. The van der Waals surface area contributed by atoms with Crippen molar-refractivity contribution in [2.75, 3.05) is 39.6 Å². The summed E-state index contributed by atoms with van der Waals surface area (Å²) in [5.74, 6) is 0.210. The van der Waals surface area contributed by atoms with E-state index in [9.17, 15) is 43.2 Å². The Kier molecular flexibility index (Phi) is 65.2. The molecule has 0 fully saturated rings. The van der Waals surface area contributed by atoms with E-state index in [1.165, 1.54) is 186 Å². The number of hydrogen-bond donors (Lipinski definition) is 3. The molecule has 0 rings (SSSR count). The van der Waals surface area contributed by atoms with Crippen LogP contribution >= 0.6 is 15.6 Å². The van der Waals surface area contributed by atoms with Crippen molar-refractivity contribution in [2.24, 2.45) is 17.8 Å². The molecule has 0 aromatic carbocycles. The molecule has 0 heterocycles. The molecule has 0 aromatic rings. The average molecular weight is 1400 g/mol. The van der Waals surface area contributed by atoms with Gasteiger partial charge in [0.15, 0.2) is 12.2 Å². The molecule has 5 atom stereocenters. The summed E-state index contributed by atoms with van der Waals surface area (Å²) < 4.78 is 68.4. The maximum Gasteiger partial charge on any atom is 0.472 e. The number of hydrogen-bond acceptors (Lipinski definition) is 15. The molecule has 0 aromatic heterocycles. The van der Waals surface area contributed by atoms with Crippen LogP contribution < -0.4 is 0 Å². The van der Waals surface area contributed by atoms with Gasteiger partial charge in [-0.2, -0.15) is 0 Å². The van der Waals surface area contributed by atoms with Crippen molar-refractivity contribution in [3.8, 4) is 0 Å². The van der Waals surface area contributed by atoms with Crippen LogP contribution in [0.15, 0.2) is 0 Å². The fourth-order valence-corrected chi connectivity index (χ4v) is 13.2. The van der Waals surface area contributed by atoms with Crippen LogP contribution in [0, 0.1) is 17.8 Å². The summed E-state index contributed by atoms with van der Waals surface area (Å²) in [5, 5.41) is 10.6. The second-order valence-corrected chi connectivity index (χ2v) is 31.7. The Bertz CT molecular complexity index is 1850. The van der Waals surface area contributed by atoms with E-state index in [1.807, 2.05) is 0 Å². The summed E-state index contributed by atoms with van der Waals surface area (Å²) in [4.78, 5) is 72.6. The van der Waals surface area contributed by atoms with E-state index < -0.39 is 97.5 Å². The van der Waals surface area contributed by atoms with Gasteiger partial charge in [0.05, 0.1) is 26.4 Å². The highest BCUT2D eigenvalue weighted by Gasteiger charge is 2.30. The molecule has 0 amide bonds. The number of phosphoric ester groups is 2. The van der Waals surface area contributed by atoms with Crippen LogP contribution in [-0.2, 0) is 65.4 Å². The van der Waals surface area contributed by atoms with Crippen molar-refractivity contribution < 1.29 is 80.2 Å². The molecule has 0 aliphatic rings. The van der Waals surface area contributed by atoms with Crippen LogP contribution in [0.1, 0.15) is 389 Å². The van der Waals surface area contributed by atoms with Gasteiger partial charge in [0.2, 0.25) is 0 Å². The number of aliphatic hydroxyl groups excluding tert-OH is 1. The standard InChI is InChI=1S/C76H148O17P2/c1-8-9-10-11-33-43-50-57-73(78)86-63-71(93-76(81)60-53-46-39-32-31-36-42-49-56-69(6)7)65-90-94(82,83)88-61-70(77)62-89-95(84,85)91-66-72(64-87-74(79)58-51-44-37-29-25-21-18-14-16-20-24-28-35-41-48-55-68(4)5)92-75(80)59-52-45-38-30-26-22-17-13-12-15-19-23-27-34-40-47-54-67(2)3/h67-72,77H,8-66H2,1-7H3,(H,82,83)(H,84,85)/t70-,71+,72+/m0/s1. The lowest BCUT2D eigenvalue weighted by Gasteiger charge is -2.21. The lowest BCUT2D eigenvalue weighted by atomic mass is 10.0. The SMILES string of the molecule is CCCCCCCCCC(=O)OC[C@H](COP(=O)(O)OC[C@H](O)COP(=O)(O)OC[C@@H](COC(=O)CCCCCCCCCCCCCCCCCC(C)C)OC(=O)CCCCCCCCCCCCCCCCCCC(C)C)OC(=O)CCCCCCCCCCC(C)C. The van der Waals surface area contributed by atoms with Crippen molar-refractivity contribution in [1.29, 1.82) is 0 Å². The summed E-state index contributed by atoms with van der Waals surface area (Å²) in [6, 6.07) is 0. The fourth-order valence-electron chi connectivity index (χ4n) is 11.6. The number of ether oxygens (including phenoxy) is 4. The fraction of sp³-hybridized carbons (Fsp3) is 0.947. The monoisotopic (exact) mass is 1400 g/mol. The maximum absolute atomic E-state index is 13.1. The van der Waals surface area contributed by atoms with Gasteiger partial charge in [-0.1, -0.05) is 337 Å². The average Bonchev–Trinajstić information content (AvgIpc) is 1.90. The predicted molar refractivity (Wildman–Crippen MR) is 386 cm³/mol. The Balaban J connectivity index is 5.18. The summed E-state index contributed by atoms with van der Waals surface area (Å²) in [6.07, 6.45) is 53.0. The van der Waals surface area contributed by atoms with Crippen LogP contribution in [0.2, 0.25) is 0 Å². The van der Waals surface area contributed by atoms with Gasteiger partial charge in [-0.25, -0.2) is 9.13 Å². The first kappa shape index (κ1) is 93.1. The van der Waals surface area contributed by atoms with Gasteiger partial charge in [0, 0.05) is 25.7 Å².